The molecule has 1 N–H and O–H groups in total. The summed E-state index contributed by atoms with van der Waals surface area (Å²) in [5.41, 5.74) is -0.637. The molecule has 0 rings (SSSR count). The first-order chi connectivity index (χ1) is 7.33. The normalized spacial score (nSPS) is 15.0. The lowest BCUT2D eigenvalue weighted by Gasteiger charge is -2.29. The molecule has 0 heterocycles. The van der Waals surface area contributed by atoms with Crippen molar-refractivity contribution in [2.75, 3.05) is 6.61 Å². The van der Waals surface area contributed by atoms with Crippen LogP contribution in [0.25, 0.3) is 0 Å². The zero-order valence-corrected chi connectivity index (χ0v) is 12.4. The van der Waals surface area contributed by atoms with Crippen LogP contribution in [0.15, 0.2) is 0 Å². The third-order valence-electron chi connectivity index (χ3n) is 2.72. The van der Waals surface area contributed by atoms with Gasteiger partial charge in [-0.15, -0.1) is 0 Å². The average molecular weight is 232 g/mol. The highest BCUT2D eigenvalue weighted by Crippen LogP contribution is 2.24. The third-order valence-corrected chi connectivity index (χ3v) is 2.72. The Morgan fingerprint density at radius 3 is 1.88 bits per heavy atom. The minimum absolute atomic E-state index is 0.102. The van der Waals surface area contributed by atoms with Crippen molar-refractivity contribution in [1.29, 1.82) is 0 Å². The van der Waals surface area contributed by atoms with Crippen molar-refractivity contribution in [2.24, 2.45) is 0 Å². The first-order valence-corrected chi connectivity index (χ1v) is 6.69. The Labute approximate surface area is 102 Å². The summed E-state index contributed by atoms with van der Waals surface area (Å²) in [5, 5.41) is 9.86. The molecule has 0 bridgehead atoms. The summed E-state index contributed by atoms with van der Waals surface area (Å²) in [4.78, 5) is 0. The summed E-state index contributed by atoms with van der Waals surface area (Å²) in [6.07, 6.45) is 3.57. The van der Waals surface area contributed by atoms with E-state index in [1.54, 1.807) is 0 Å². The lowest BCUT2D eigenvalue weighted by molar-refractivity contribution is -0.0454. The fraction of sp³-hybridized carbons (Fsp3) is 1.00. The Morgan fingerprint density at radius 2 is 1.50 bits per heavy atom. The topological polar surface area (TPSA) is 29.5 Å². The molecule has 0 aliphatic rings. The van der Waals surface area contributed by atoms with Crippen molar-refractivity contribution >= 4 is 0 Å². The first kappa shape index (κ1) is 18.3. The van der Waals surface area contributed by atoms with Gasteiger partial charge in [0.2, 0.25) is 0 Å². The minimum Gasteiger partial charge on any atom is -0.390 e. The fourth-order valence-corrected chi connectivity index (χ4v) is 1.20. The van der Waals surface area contributed by atoms with Gasteiger partial charge in [0, 0.05) is 6.61 Å². The van der Waals surface area contributed by atoms with Gasteiger partial charge in [-0.1, -0.05) is 27.7 Å². The maximum atomic E-state index is 9.86. The van der Waals surface area contributed by atoms with Crippen LogP contribution in [0.4, 0.5) is 0 Å². The van der Waals surface area contributed by atoms with Crippen LogP contribution in [0.2, 0.25) is 0 Å². The zero-order chi connectivity index (χ0) is 13.2. The van der Waals surface area contributed by atoms with Crippen LogP contribution < -0.4 is 0 Å². The smallest absolute Gasteiger partial charge is 0.0627 e. The molecule has 16 heavy (non-hydrogen) atoms. The molecule has 0 aromatic rings. The van der Waals surface area contributed by atoms with E-state index in [1.165, 1.54) is 0 Å². The molecule has 2 heteroatoms. The second kappa shape index (κ2) is 9.00. The van der Waals surface area contributed by atoms with Gasteiger partial charge in [-0.2, -0.15) is 0 Å². The van der Waals surface area contributed by atoms with Crippen LogP contribution >= 0.6 is 0 Å². The summed E-state index contributed by atoms with van der Waals surface area (Å²) < 4.78 is 5.71. The molecule has 0 aromatic heterocycles. The van der Waals surface area contributed by atoms with Gasteiger partial charge in [-0.05, 0) is 46.5 Å². The largest absolute Gasteiger partial charge is 0.390 e. The number of hydrogen-bond donors (Lipinski definition) is 1. The van der Waals surface area contributed by atoms with Crippen molar-refractivity contribution in [3.05, 3.63) is 0 Å². The Balaban J connectivity index is 0. The number of aliphatic hydroxyl groups is 1. The van der Waals surface area contributed by atoms with E-state index in [9.17, 15) is 5.11 Å². The second-order valence-electron chi connectivity index (χ2n) is 4.96. The molecule has 1 unspecified atom stereocenters. The van der Waals surface area contributed by atoms with Crippen LogP contribution in [0.3, 0.4) is 0 Å². The summed E-state index contributed by atoms with van der Waals surface area (Å²) in [6, 6.07) is 0. The first-order valence-electron chi connectivity index (χ1n) is 6.69. The molecule has 0 aliphatic heterocycles. The molecule has 0 radical (unpaired) electrons. The van der Waals surface area contributed by atoms with Crippen LogP contribution in [-0.4, -0.2) is 22.9 Å². The van der Waals surface area contributed by atoms with Gasteiger partial charge in [0.05, 0.1) is 11.2 Å². The minimum atomic E-state index is -0.535. The van der Waals surface area contributed by atoms with E-state index in [0.29, 0.717) is 0 Å². The molecular weight excluding hydrogens is 200 g/mol. The molecule has 0 fully saturated rings. The average Bonchev–Trinajstić information content (AvgIpc) is 2.27. The van der Waals surface area contributed by atoms with Gasteiger partial charge in [-0.25, -0.2) is 0 Å². The summed E-state index contributed by atoms with van der Waals surface area (Å²) in [6.45, 7) is 15.0. The van der Waals surface area contributed by atoms with Crippen molar-refractivity contribution < 1.29 is 9.84 Å². The number of rotatable bonds is 7. The molecule has 100 valence electrons. The molecule has 1 atom stereocenters. The van der Waals surface area contributed by atoms with Crippen LogP contribution in [0, 0.1) is 0 Å². The predicted molar refractivity (Wildman–Crippen MR) is 71.8 cm³/mol. The Hall–Kier alpha value is -0.0800. The molecule has 0 amide bonds. The van der Waals surface area contributed by atoms with Crippen molar-refractivity contribution in [3.63, 3.8) is 0 Å². The molecule has 0 aromatic carbocycles. The summed E-state index contributed by atoms with van der Waals surface area (Å²) in [7, 11) is 0. The van der Waals surface area contributed by atoms with E-state index in [2.05, 4.69) is 20.8 Å². The monoisotopic (exact) mass is 232 g/mol. The van der Waals surface area contributed by atoms with Gasteiger partial charge >= 0.3 is 0 Å². The summed E-state index contributed by atoms with van der Waals surface area (Å²) in [5.74, 6) is 0. The second-order valence-corrected chi connectivity index (χ2v) is 4.96. The van der Waals surface area contributed by atoms with Gasteiger partial charge < -0.3 is 9.84 Å². The SMILES string of the molecule is CC.CCCOC(C)(C)CCC(C)(O)CC. The fourth-order valence-electron chi connectivity index (χ4n) is 1.20. The standard InChI is InChI=1S/C12H26O2.C2H6/c1-6-10-14-11(3,4)8-9-12(5,13)7-2;1-2/h13H,6-10H2,1-5H3;1-2H3. The van der Waals surface area contributed by atoms with Crippen molar-refractivity contribution in [1.82, 2.24) is 0 Å². The van der Waals surface area contributed by atoms with Gasteiger partial charge in [0.15, 0.2) is 0 Å². The lowest BCUT2D eigenvalue weighted by atomic mass is 9.91. The summed E-state index contributed by atoms with van der Waals surface area (Å²) >= 11 is 0. The van der Waals surface area contributed by atoms with Gasteiger partial charge in [-0.3, -0.25) is 0 Å². The number of hydrogen-bond acceptors (Lipinski definition) is 2. The quantitative estimate of drug-likeness (QED) is 0.714. The van der Waals surface area contributed by atoms with Gasteiger partial charge in [0.1, 0.15) is 0 Å². The van der Waals surface area contributed by atoms with Crippen molar-refractivity contribution in [2.45, 2.75) is 85.4 Å². The third kappa shape index (κ3) is 10.4. The van der Waals surface area contributed by atoms with Gasteiger partial charge in [0.25, 0.3) is 0 Å². The highest BCUT2D eigenvalue weighted by molar-refractivity contribution is 4.77. The van der Waals surface area contributed by atoms with E-state index >= 15 is 0 Å². The van der Waals surface area contributed by atoms with E-state index in [4.69, 9.17) is 4.74 Å². The molecule has 0 saturated heterocycles. The molecule has 0 saturated carbocycles. The molecule has 2 nitrogen and oxygen atoms in total. The Kier molecular flexibility index (Phi) is 10.3. The maximum absolute atomic E-state index is 9.86. The molecule has 0 aliphatic carbocycles. The van der Waals surface area contributed by atoms with Crippen molar-refractivity contribution in [3.8, 4) is 0 Å². The molecule has 0 spiro atoms. The van der Waals surface area contributed by atoms with E-state index in [0.717, 1.165) is 32.3 Å². The predicted octanol–water partition coefficient (Wildman–Crippen LogP) is 4.16. The Bertz CT molecular complexity index is 151. The van der Waals surface area contributed by atoms with Crippen LogP contribution in [-0.2, 0) is 4.74 Å². The highest BCUT2D eigenvalue weighted by Gasteiger charge is 2.24. The number of ether oxygens (including phenoxy) is 1. The van der Waals surface area contributed by atoms with E-state index < -0.39 is 5.60 Å². The molecular formula is C14H32O2. The lowest BCUT2D eigenvalue weighted by Crippen LogP contribution is -2.31. The zero-order valence-electron chi connectivity index (χ0n) is 12.4. The van der Waals surface area contributed by atoms with Crippen LogP contribution in [0.1, 0.15) is 74.1 Å². The van der Waals surface area contributed by atoms with Crippen LogP contribution in [0.5, 0.6) is 0 Å². The Morgan fingerprint density at radius 1 is 1.00 bits per heavy atom. The maximum Gasteiger partial charge on any atom is 0.0627 e. The van der Waals surface area contributed by atoms with E-state index in [1.807, 2.05) is 27.7 Å². The van der Waals surface area contributed by atoms with E-state index in [-0.39, 0.29) is 5.60 Å². The highest BCUT2D eigenvalue weighted by atomic mass is 16.5.